The van der Waals surface area contributed by atoms with E-state index in [2.05, 4.69) is 17.1 Å². The number of hydrogen-bond donors (Lipinski definition) is 0. The maximum absolute atomic E-state index is 11.9. The third-order valence-electron chi connectivity index (χ3n) is 2.48. The van der Waals surface area contributed by atoms with Crippen LogP contribution >= 0.6 is 23.1 Å². The summed E-state index contributed by atoms with van der Waals surface area (Å²) in [6.07, 6.45) is 4.84. The highest BCUT2D eigenvalue weighted by molar-refractivity contribution is 8.01. The van der Waals surface area contributed by atoms with Crippen molar-refractivity contribution in [3.8, 4) is 0 Å². The van der Waals surface area contributed by atoms with Crippen molar-refractivity contribution in [1.29, 1.82) is 0 Å². The standard InChI is InChI=1S/C11H20N2O2S3/c1-4-5-6-7-8-16-10-12-13-11(17-10)18(14,15)9(2)3/h9H,4-8H2,1-3H3. The van der Waals surface area contributed by atoms with Gasteiger partial charge in [-0.25, -0.2) is 8.42 Å². The smallest absolute Gasteiger partial charge is 0.221 e. The number of rotatable bonds is 8. The third-order valence-corrected chi connectivity index (χ3v) is 7.17. The molecule has 18 heavy (non-hydrogen) atoms. The van der Waals surface area contributed by atoms with Crippen molar-refractivity contribution in [1.82, 2.24) is 10.2 Å². The highest BCUT2D eigenvalue weighted by Gasteiger charge is 2.24. The molecule has 1 aromatic rings. The lowest BCUT2D eigenvalue weighted by Gasteiger charge is -2.01. The van der Waals surface area contributed by atoms with Crippen molar-refractivity contribution in [3.05, 3.63) is 0 Å². The Labute approximate surface area is 118 Å². The first-order valence-electron chi connectivity index (χ1n) is 6.18. The Bertz CT molecular complexity index is 455. The van der Waals surface area contributed by atoms with E-state index < -0.39 is 15.1 Å². The van der Waals surface area contributed by atoms with Gasteiger partial charge in [-0.15, -0.1) is 10.2 Å². The molecule has 0 bridgehead atoms. The molecule has 0 radical (unpaired) electrons. The van der Waals surface area contributed by atoms with E-state index in [4.69, 9.17) is 0 Å². The Balaban J connectivity index is 2.49. The van der Waals surface area contributed by atoms with Crippen LogP contribution in [0.2, 0.25) is 0 Å². The minimum absolute atomic E-state index is 0.147. The first-order valence-corrected chi connectivity index (χ1v) is 9.53. The molecule has 0 aliphatic rings. The van der Waals surface area contributed by atoms with Crippen LogP contribution < -0.4 is 0 Å². The molecular formula is C11H20N2O2S3. The Morgan fingerprint density at radius 3 is 2.56 bits per heavy atom. The highest BCUT2D eigenvalue weighted by atomic mass is 32.2. The fourth-order valence-corrected chi connectivity index (χ4v) is 4.91. The summed E-state index contributed by atoms with van der Waals surface area (Å²) < 4.78 is 24.6. The van der Waals surface area contributed by atoms with Gasteiger partial charge in [-0.2, -0.15) is 0 Å². The van der Waals surface area contributed by atoms with Gasteiger partial charge in [0, 0.05) is 5.75 Å². The first kappa shape index (κ1) is 15.9. The lowest BCUT2D eigenvalue weighted by atomic mass is 10.2. The molecule has 0 saturated heterocycles. The number of aromatic nitrogens is 2. The topological polar surface area (TPSA) is 59.9 Å². The van der Waals surface area contributed by atoms with Gasteiger partial charge < -0.3 is 0 Å². The molecule has 0 aliphatic carbocycles. The molecule has 1 aromatic heterocycles. The SMILES string of the molecule is CCCCCCSc1nnc(S(=O)(=O)C(C)C)s1. The van der Waals surface area contributed by atoms with E-state index in [1.165, 1.54) is 30.6 Å². The van der Waals surface area contributed by atoms with Gasteiger partial charge in [0.25, 0.3) is 0 Å². The fraction of sp³-hybridized carbons (Fsp3) is 0.818. The molecule has 0 atom stereocenters. The van der Waals surface area contributed by atoms with E-state index in [1.54, 1.807) is 25.6 Å². The van der Waals surface area contributed by atoms with Gasteiger partial charge in [0.1, 0.15) is 0 Å². The molecule has 1 heterocycles. The van der Waals surface area contributed by atoms with Gasteiger partial charge in [-0.1, -0.05) is 49.3 Å². The maximum atomic E-state index is 11.9. The highest BCUT2D eigenvalue weighted by Crippen LogP contribution is 2.27. The van der Waals surface area contributed by atoms with Crippen LogP contribution in [0.3, 0.4) is 0 Å². The molecule has 0 unspecified atom stereocenters. The molecule has 0 spiro atoms. The van der Waals surface area contributed by atoms with Crippen molar-refractivity contribution in [2.75, 3.05) is 5.75 Å². The Kier molecular flexibility index (Phi) is 6.59. The van der Waals surface area contributed by atoms with E-state index in [-0.39, 0.29) is 4.34 Å². The van der Waals surface area contributed by atoms with Crippen LogP contribution in [0.5, 0.6) is 0 Å². The van der Waals surface area contributed by atoms with Crippen molar-refractivity contribution in [2.45, 2.75) is 60.4 Å². The fourth-order valence-electron chi connectivity index (χ4n) is 1.26. The molecule has 0 amide bonds. The van der Waals surface area contributed by atoms with Gasteiger partial charge in [-0.3, -0.25) is 0 Å². The summed E-state index contributed by atoms with van der Waals surface area (Å²) >= 11 is 2.78. The summed E-state index contributed by atoms with van der Waals surface area (Å²) in [6, 6.07) is 0. The quantitative estimate of drug-likeness (QED) is 0.544. The van der Waals surface area contributed by atoms with Gasteiger partial charge in [0.15, 0.2) is 4.34 Å². The van der Waals surface area contributed by atoms with E-state index in [0.717, 1.165) is 16.5 Å². The van der Waals surface area contributed by atoms with Gasteiger partial charge in [0.05, 0.1) is 5.25 Å². The summed E-state index contributed by atoms with van der Waals surface area (Å²) in [7, 11) is -3.26. The zero-order valence-electron chi connectivity index (χ0n) is 11.0. The van der Waals surface area contributed by atoms with Gasteiger partial charge in [-0.05, 0) is 20.3 Å². The second-order valence-corrected chi connectivity index (χ2v) is 9.33. The number of nitrogens with zero attached hydrogens (tertiary/aromatic N) is 2. The summed E-state index contributed by atoms with van der Waals surface area (Å²) in [5.74, 6) is 0.982. The maximum Gasteiger partial charge on any atom is 0.233 e. The lowest BCUT2D eigenvalue weighted by molar-refractivity contribution is 0.585. The summed E-state index contributed by atoms with van der Waals surface area (Å²) in [6.45, 7) is 5.50. The second-order valence-electron chi connectivity index (χ2n) is 4.34. The molecule has 0 aromatic carbocycles. The van der Waals surface area contributed by atoms with Crippen LogP contribution in [0.4, 0.5) is 0 Å². The normalized spacial score (nSPS) is 12.2. The predicted octanol–water partition coefficient (Wildman–Crippen LogP) is 3.39. The summed E-state index contributed by atoms with van der Waals surface area (Å²) in [5, 5.41) is 7.28. The largest absolute Gasteiger partial charge is 0.233 e. The molecular weight excluding hydrogens is 288 g/mol. The van der Waals surface area contributed by atoms with E-state index >= 15 is 0 Å². The van der Waals surface area contributed by atoms with Crippen LogP contribution in [0.25, 0.3) is 0 Å². The average molecular weight is 308 g/mol. The van der Waals surface area contributed by atoms with Crippen molar-refractivity contribution >= 4 is 32.9 Å². The molecule has 4 nitrogen and oxygen atoms in total. The zero-order chi connectivity index (χ0) is 13.6. The van der Waals surface area contributed by atoms with Crippen LogP contribution in [0.15, 0.2) is 8.68 Å². The number of thioether (sulfide) groups is 1. The van der Waals surface area contributed by atoms with Crippen LogP contribution in [-0.4, -0.2) is 29.6 Å². The Morgan fingerprint density at radius 1 is 1.22 bits per heavy atom. The molecule has 7 heteroatoms. The van der Waals surface area contributed by atoms with Crippen LogP contribution in [0, 0.1) is 0 Å². The minimum atomic E-state index is -3.26. The van der Waals surface area contributed by atoms with Crippen LogP contribution in [0.1, 0.15) is 46.5 Å². The van der Waals surface area contributed by atoms with Crippen LogP contribution in [-0.2, 0) is 9.84 Å². The average Bonchev–Trinajstić information content (AvgIpc) is 2.78. The molecule has 0 saturated carbocycles. The van der Waals surface area contributed by atoms with Gasteiger partial charge in [0.2, 0.25) is 14.2 Å². The van der Waals surface area contributed by atoms with Crippen molar-refractivity contribution in [2.24, 2.45) is 0 Å². The number of hydrogen-bond acceptors (Lipinski definition) is 6. The third kappa shape index (κ3) is 4.51. The molecule has 0 aliphatic heterocycles. The predicted molar refractivity (Wildman–Crippen MR) is 77.1 cm³/mol. The minimum Gasteiger partial charge on any atom is -0.221 e. The lowest BCUT2D eigenvalue weighted by Crippen LogP contribution is -2.13. The van der Waals surface area contributed by atoms with Gasteiger partial charge >= 0.3 is 0 Å². The first-order chi connectivity index (χ1) is 8.48. The second kappa shape index (κ2) is 7.45. The monoisotopic (exact) mass is 308 g/mol. The van der Waals surface area contributed by atoms with E-state index in [9.17, 15) is 8.42 Å². The van der Waals surface area contributed by atoms with Crippen molar-refractivity contribution < 1.29 is 8.42 Å². The van der Waals surface area contributed by atoms with E-state index in [0.29, 0.717) is 0 Å². The summed E-state index contributed by atoms with van der Waals surface area (Å²) in [5.41, 5.74) is 0. The molecule has 0 N–H and O–H groups in total. The number of sulfone groups is 1. The Hall–Kier alpha value is -0.140. The Morgan fingerprint density at radius 2 is 1.94 bits per heavy atom. The molecule has 0 fully saturated rings. The summed E-state index contributed by atoms with van der Waals surface area (Å²) in [4.78, 5) is 0. The number of unbranched alkanes of at least 4 members (excludes halogenated alkanes) is 3. The zero-order valence-corrected chi connectivity index (χ0v) is 13.5. The molecule has 1 rings (SSSR count). The molecule has 104 valence electrons. The van der Waals surface area contributed by atoms with Crippen molar-refractivity contribution in [3.63, 3.8) is 0 Å². The van der Waals surface area contributed by atoms with E-state index in [1.807, 2.05) is 0 Å².